The molecule has 1 aliphatic heterocycles. The standard InChI is InChI=1S/C26H20N8O/c1-26(2,15-27)18-5-7-19(8-6-18)34-23-17(14-33(4)25(34)35)13-29-21-10-9-20(32-22(21)23)16-11-30-24(28-3)31-12-16/h5-13H,14H2,1-2,4H3. The number of pyridine rings is 2. The summed E-state index contributed by atoms with van der Waals surface area (Å²) in [6.07, 6.45) is 4.89. The number of nitrogens with zero attached hydrogens (tertiary/aromatic N) is 8. The first-order chi connectivity index (χ1) is 16.8. The van der Waals surface area contributed by atoms with Crippen LogP contribution in [0.1, 0.15) is 25.0 Å². The lowest BCUT2D eigenvalue weighted by Gasteiger charge is -2.35. The van der Waals surface area contributed by atoms with E-state index in [1.165, 1.54) is 0 Å². The van der Waals surface area contributed by atoms with Gasteiger partial charge in [0.05, 0.1) is 58.6 Å². The number of carbonyl (C=O) groups excluding carboxylic acids is 1. The second-order valence-corrected chi connectivity index (χ2v) is 8.84. The number of rotatable bonds is 3. The predicted molar refractivity (Wildman–Crippen MR) is 131 cm³/mol. The Kier molecular flexibility index (Phi) is 5.11. The molecule has 5 rings (SSSR count). The van der Waals surface area contributed by atoms with Crippen molar-refractivity contribution in [3.05, 3.63) is 77.5 Å². The number of anilines is 2. The monoisotopic (exact) mass is 460 g/mol. The molecule has 170 valence electrons. The smallest absolute Gasteiger partial charge is 0.371 e. The van der Waals surface area contributed by atoms with E-state index in [2.05, 4.69) is 25.9 Å². The number of hydrogen-bond donors (Lipinski definition) is 0. The summed E-state index contributed by atoms with van der Waals surface area (Å²) < 4.78 is 0. The maximum absolute atomic E-state index is 13.4. The Labute approximate surface area is 202 Å². The van der Waals surface area contributed by atoms with Gasteiger partial charge in [0, 0.05) is 18.8 Å². The zero-order valence-corrected chi connectivity index (χ0v) is 19.4. The molecule has 0 saturated heterocycles. The largest absolute Gasteiger partial charge is 0.394 e. The van der Waals surface area contributed by atoms with Crippen LogP contribution in [0.5, 0.6) is 0 Å². The summed E-state index contributed by atoms with van der Waals surface area (Å²) in [5.74, 6) is 0.0661. The van der Waals surface area contributed by atoms with E-state index in [4.69, 9.17) is 11.6 Å². The maximum Gasteiger partial charge on any atom is 0.371 e. The lowest BCUT2D eigenvalue weighted by molar-refractivity contribution is 0.213. The van der Waals surface area contributed by atoms with Crippen molar-refractivity contribution in [1.82, 2.24) is 24.8 Å². The summed E-state index contributed by atoms with van der Waals surface area (Å²) in [5.41, 5.74) is 4.93. The zero-order chi connectivity index (χ0) is 24.7. The van der Waals surface area contributed by atoms with Crippen LogP contribution in [-0.4, -0.2) is 37.9 Å². The minimum Gasteiger partial charge on any atom is -0.394 e. The van der Waals surface area contributed by atoms with Gasteiger partial charge in [-0.3, -0.25) is 9.88 Å². The van der Waals surface area contributed by atoms with E-state index in [-0.39, 0.29) is 12.0 Å². The molecule has 0 bridgehead atoms. The summed E-state index contributed by atoms with van der Waals surface area (Å²) in [6.45, 7) is 11.2. The van der Waals surface area contributed by atoms with Crippen molar-refractivity contribution in [2.75, 3.05) is 11.9 Å². The maximum atomic E-state index is 13.4. The van der Waals surface area contributed by atoms with Crippen molar-refractivity contribution in [2.45, 2.75) is 25.8 Å². The molecule has 0 aliphatic carbocycles. The third-order valence-electron chi connectivity index (χ3n) is 6.07. The van der Waals surface area contributed by atoms with Crippen LogP contribution >= 0.6 is 0 Å². The van der Waals surface area contributed by atoms with Crippen molar-refractivity contribution in [3.8, 4) is 17.3 Å². The molecule has 0 radical (unpaired) electrons. The molecule has 9 nitrogen and oxygen atoms in total. The number of fused-ring (bicyclic) bond motifs is 3. The minimum atomic E-state index is -0.642. The highest BCUT2D eigenvalue weighted by atomic mass is 16.2. The molecule has 0 unspecified atom stereocenters. The van der Waals surface area contributed by atoms with Crippen molar-refractivity contribution in [2.24, 2.45) is 0 Å². The molecule has 0 saturated carbocycles. The average molecular weight is 461 g/mol. The van der Waals surface area contributed by atoms with Gasteiger partial charge in [-0.2, -0.15) is 15.2 Å². The number of carbonyl (C=O) groups is 1. The van der Waals surface area contributed by atoms with Gasteiger partial charge in [-0.1, -0.05) is 12.1 Å². The molecular weight excluding hydrogens is 440 g/mol. The molecule has 9 heteroatoms. The van der Waals surface area contributed by atoms with E-state index in [1.807, 2.05) is 50.2 Å². The Hall–Kier alpha value is -4.89. The second kappa shape index (κ2) is 8.15. The lowest BCUT2D eigenvalue weighted by atomic mass is 9.86. The van der Waals surface area contributed by atoms with Crippen molar-refractivity contribution in [1.29, 1.82) is 5.26 Å². The molecule has 1 aromatic carbocycles. The van der Waals surface area contributed by atoms with Crippen LogP contribution in [0.25, 0.3) is 27.1 Å². The molecule has 2 amide bonds. The van der Waals surface area contributed by atoms with Crippen LogP contribution < -0.4 is 4.90 Å². The first-order valence-electron chi connectivity index (χ1n) is 10.9. The van der Waals surface area contributed by atoms with Gasteiger partial charge in [0.2, 0.25) is 0 Å². The van der Waals surface area contributed by atoms with E-state index in [0.29, 0.717) is 40.2 Å². The van der Waals surface area contributed by atoms with E-state index in [9.17, 15) is 10.1 Å². The van der Waals surface area contributed by atoms with Crippen LogP contribution in [0, 0.1) is 17.9 Å². The zero-order valence-electron chi connectivity index (χ0n) is 19.4. The molecule has 4 aromatic rings. The minimum absolute atomic E-state index is 0.0661. The van der Waals surface area contributed by atoms with Gasteiger partial charge in [0.15, 0.2) is 0 Å². The average Bonchev–Trinajstić information content (AvgIpc) is 2.89. The molecule has 3 aromatic heterocycles. The molecular formula is C26H20N8O. The molecule has 4 heterocycles. The fourth-order valence-electron chi connectivity index (χ4n) is 4.05. The number of nitriles is 1. The molecule has 1 aliphatic rings. The highest BCUT2D eigenvalue weighted by Gasteiger charge is 2.32. The highest BCUT2D eigenvalue weighted by molar-refractivity contribution is 6.08. The van der Waals surface area contributed by atoms with Gasteiger partial charge >= 0.3 is 12.0 Å². The highest BCUT2D eigenvalue weighted by Crippen LogP contribution is 2.39. The first kappa shape index (κ1) is 21.9. The molecule has 0 N–H and O–H groups in total. The van der Waals surface area contributed by atoms with E-state index in [0.717, 1.165) is 11.1 Å². The van der Waals surface area contributed by atoms with Crippen LogP contribution in [0.2, 0.25) is 0 Å². The van der Waals surface area contributed by atoms with Gasteiger partial charge in [-0.05, 0) is 43.7 Å². The molecule has 0 atom stereocenters. The van der Waals surface area contributed by atoms with Crippen LogP contribution in [-0.2, 0) is 12.0 Å². The van der Waals surface area contributed by atoms with E-state index >= 15 is 0 Å². The van der Waals surface area contributed by atoms with Gasteiger partial charge in [0.25, 0.3) is 0 Å². The fourth-order valence-corrected chi connectivity index (χ4v) is 4.05. The summed E-state index contributed by atoms with van der Waals surface area (Å²) in [5, 5.41) is 9.48. The number of aromatic nitrogens is 4. The Balaban J connectivity index is 1.68. The SMILES string of the molecule is [C-]#[N+]c1ncc(-c2ccc3ncc4c(c3n2)N(c2ccc(C(C)(C)C#N)cc2)C(=O)N(C)C4)cn1. The third-order valence-corrected chi connectivity index (χ3v) is 6.07. The molecule has 35 heavy (non-hydrogen) atoms. The van der Waals surface area contributed by atoms with Gasteiger partial charge in [-0.25, -0.2) is 9.78 Å². The van der Waals surface area contributed by atoms with E-state index in [1.54, 1.807) is 35.4 Å². The number of urea groups is 1. The Morgan fingerprint density at radius 2 is 1.77 bits per heavy atom. The predicted octanol–water partition coefficient (Wildman–Crippen LogP) is 5.14. The van der Waals surface area contributed by atoms with Gasteiger partial charge in [-0.15, -0.1) is 6.57 Å². The Morgan fingerprint density at radius 1 is 1.06 bits per heavy atom. The van der Waals surface area contributed by atoms with Gasteiger partial charge in [0.1, 0.15) is 5.52 Å². The normalized spacial score (nSPS) is 13.3. The van der Waals surface area contributed by atoms with Crippen molar-refractivity contribution < 1.29 is 4.79 Å². The van der Waals surface area contributed by atoms with Crippen LogP contribution in [0.15, 0.2) is 55.0 Å². The number of amides is 2. The third kappa shape index (κ3) is 3.69. The number of benzene rings is 1. The Bertz CT molecular complexity index is 1550. The summed E-state index contributed by atoms with van der Waals surface area (Å²) in [7, 11) is 1.75. The summed E-state index contributed by atoms with van der Waals surface area (Å²) in [4.78, 5) is 37.4. The summed E-state index contributed by atoms with van der Waals surface area (Å²) >= 11 is 0. The van der Waals surface area contributed by atoms with Crippen molar-refractivity contribution in [3.63, 3.8) is 0 Å². The second-order valence-electron chi connectivity index (χ2n) is 8.84. The summed E-state index contributed by atoms with van der Waals surface area (Å²) in [6, 6.07) is 13.2. The molecule has 0 fully saturated rings. The first-order valence-corrected chi connectivity index (χ1v) is 10.9. The fraction of sp³-hybridized carbons (Fsp3) is 0.192. The molecule has 0 spiro atoms. The topological polar surface area (TPSA) is 103 Å². The van der Waals surface area contributed by atoms with Crippen LogP contribution in [0.3, 0.4) is 0 Å². The van der Waals surface area contributed by atoms with Gasteiger partial charge < -0.3 is 9.74 Å². The van der Waals surface area contributed by atoms with Crippen LogP contribution in [0.4, 0.5) is 22.1 Å². The van der Waals surface area contributed by atoms with E-state index < -0.39 is 5.41 Å². The lowest BCUT2D eigenvalue weighted by Crippen LogP contribution is -2.42. The number of hydrogen-bond acceptors (Lipinski definition) is 6. The Morgan fingerprint density at radius 3 is 2.43 bits per heavy atom. The quantitative estimate of drug-likeness (QED) is 0.392. The van der Waals surface area contributed by atoms with Crippen molar-refractivity contribution >= 4 is 34.4 Å².